The number of methoxy groups -OCH3 is 2. The average molecular weight is 530 g/mol. The van der Waals surface area contributed by atoms with Crippen LogP contribution >= 0.6 is 0 Å². The molecular formula is C34H43NO4. The van der Waals surface area contributed by atoms with Crippen LogP contribution in [-0.2, 0) is 22.5 Å². The molecule has 208 valence electrons. The van der Waals surface area contributed by atoms with Crippen LogP contribution in [0.1, 0.15) is 63.3 Å². The van der Waals surface area contributed by atoms with Crippen molar-refractivity contribution in [2.45, 2.75) is 71.2 Å². The Kier molecular flexibility index (Phi) is 9.34. The summed E-state index contributed by atoms with van der Waals surface area (Å²) in [5.41, 5.74) is 3.11. The second kappa shape index (κ2) is 12.7. The van der Waals surface area contributed by atoms with Gasteiger partial charge in [-0.3, -0.25) is 9.69 Å². The van der Waals surface area contributed by atoms with Gasteiger partial charge in [0, 0.05) is 18.6 Å². The van der Waals surface area contributed by atoms with E-state index in [2.05, 4.69) is 72.5 Å². The Morgan fingerprint density at radius 1 is 0.872 bits per heavy atom. The van der Waals surface area contributed by atoms with Crippen molar-refractivity contribution in [1.82, 2.24) is 4.90 Å². The summed E-state index contributed by atoms with van der Waals surface area (Å²) in [4.78, 5) is 16.2. The molecule has 39 heavy (non-hydrogen) atoms. The number of carbonyl (C=O) groups is 1. The molecule has 4 atom stereocenters. The third-order valence-corrected chi connectivity index (χ3v) is 7.77. The number of ether oxygens (including phenoxy) is 3. The van der Waals surface area contributed by atoms with E-state index in [0.717, 1.165) is 24.8 Å². The third-order valence-electron chi connectivity index (χ3n) is 7.77. The monoisotopic (exact) mass is 529 g/mol. The average Bonchev–Trinajstić information content (AvgIpc) is 3.34. The maximum Gasteiger partial charge on any atom is 0.311 e. The number of benzene rings is 3. The smallest absolute Gasteiger partial charge is 0.311 e. The molecule has 0 aromatic heterocycles. The Labute approximate surface area is 234 Å². The lowest BCUT2D eigenvalue weighted by atomic mass is 9.88. The minimum absolute atomic E-state index is 0.0170. The molecule has 1 saturated carbocycles. The number of nitrogens with zero attached hydrogens (tertiary/aromatic N) is 1. The first-order valence-electron chi connectivity index (χ1n) is 14.0. The quantitative estimate of drug-likeness (QED) is 0.259. The van der Waals surface area contributed by atoms with Gasteiger partial charge >= 0.3 is 5.97 Å². The molecule has 0 amide bonds. The highest BCUT2D eigenvalue weighted by atomic mass is 16.6. The Bertz CT molecular complexity index is 1200. The van der Waals surface area contributed by atoms with E-state index in [1.54, 1.807) is 14.2 Å². The van der Waals surface area contributed by atoms with Gasteiger partial charge < -0.3 is 14.2 Å². The van der Waals surface area contributed by atoms with Crippen LogP contribution < -0.4 is 9.47 Å². The van der Waals surface area contributed by atoms with Gasteiger partial charge in [-0.15, -0.1) is 0 Å². The predicted octanol–water partition coefficient (Wildman–Crippen LogP) is 7.25. The first-order valence-corrected chi connectivity index (χ1v) is 14.0. The van der Waals surface area contributed by atoms with Gasteiger partial charge in [0.2, 0.25) is 0 Å². The number of hydrogen-bond acceptors (Lipinski definition) is 5. The SMILES string of the molecule is COc1ccc(CN([C@H]2[C@H](Cc3ccccc3)CC[C@@H]2C(=O)OC(C)(C)C)[C@@H](C)c2ccccc2)cc1OC. The van der Waals surface area contributed by atoms with Crippen molar-refractivity contribution in [2.24, 2.45) is 11.8 Å². The number of hydrogen-bond donors (Lipinski definition) is 0. The van der Waals surface area contributed by atoms with Crippen molar-refractivity contribution >= 4 is 5.97 Å². The molecule has 0 bridgehead atoms. The fraction of sp³-hybridized carbons (Fsp3) is 0.441. The fourth-order valence-corrected chi connectivity index (χ4v) is 5.95. The minimum Gasteiger partial charge on any atom is -0.493 e. The van der Waals surface area contributed by atoms with Gasteiger partial charge in [-0.05, 0) is 81.7 Å². The third kappa shape index (κ3) is 7.21. The van der Waals surface area contributed by atoms with Crippen molar-refractivity contribution in [3.63, 3.8) is 0 Å². The molecule has 1 aliphatic carbocycles. The van der Waals surface area contributed by atoms with Crippen LogP contribution in [0.5, 0.6) is 11.5 Å². The van der Waals surface area contributed by atoms with E-state index in [4.69, 9.17) is 14.2 Å². The summed E-state index contributed by atoms with van der Waals surface area (Å²) < 4.78 is 17.1. The molecule has 0 radical (unpaired) electrons. The van der Waals surface area contributed by atoms with Gasteiger partial charge in [-0.2, -0.15) is 0 Å². The molecule has 0 saturated heterocycles. The highest BCUT2D eigenvalue weighted by Gasteiger charge is 2.46. The van der Waals surface area contributed by atoms with Crippen molar-refractivity contribution in [2.75, 3.05) is 14.2 Å². The largest absolute Gasteiger partial charge is 0.493 e. The van der Waals surface area contributed by atoms with Crippen LogP contribution in [0.2, 0.25) is 0 Å². The van der Waals surface area contributed by atoms with Crippen molar-refractivity contribution in [1.29, 1.82) is 0 Å². The summed E-state index contributed by atoms with van der Waals surface area (Å²) >= 11 is 0. The molecule has 4 rings (SSSR count). The molecule has 0 unspecified atom stereocenters. The molecule has 3 aromatic rings. The predicted molar refractivity (Wildman–Crippen MR) is 156 cm³/mol. The second-order valence-corrected chi connectivity index (χ2v) is 11.6. The molecule has 1 fully saturated rings. The Hall–Kier alpha value is -3.31. The number of esters is 1. The summed E-state index contributed by atoms with van der Waals surface area (Å²) in [7, 11) is 3.32. The zero-order chi connectivity index (χ0) is 28.0. The molecule has 1 aliphatic rings. The second-order valence-electron chi connectivity index (χ2n) is 11.6. The van der Waals surface area contributed by atoms with Crippen LogP contribution in [0.3, 0.4) is 0 Å². The molecule has 0 N–H and O–H groups in total. The zero-order valence-corrected chi connectivity index (χ0v) is 24.2. The van der Waals surface area contributed by atoms with Gasteiger partial charge in [-0.25, -0.2) is 0 Å². The molecule has 0 aliphatic heterocycles. The van der Waals surface area contributed by atoms with E-state index in [1.165, 1.54) is 11.1 Å². The standard InChI is InChI=1S/C34H43NO4/c1-24(27-15-11-8-12-16-27)35(23-26-17-20-30(37-5)31(22-26)38-6)32-28(21-25-13-9-7-10-14-25)18-19-29(32)33(36)39-34(2,3)4/h7-17,20,22,24,28-29,32H,18-19,21,23H2,1-6H3/t24-,28-,29-,32-/m0/s1. The van der Waals surface area contributed by atoms with Gasteiger partial charge in [-0.1, -0.05) is 66.7 Å². The van der Waals surface area contributed by atoms with Gasteiger partial charge in [0.1, 0.15) is 5.60 Å². The van der Waals surface area contributed by atoms with Gasteiger partial charge in [0.15, 0.2) is 11.5 Å². The van der Waals surface area contributed by atoms with E-state index >= 15 is 0 Å². The van der Waals surface area contributed by atoms with E-state index in [-0.39, 0.29) is 24.0 Å². The highest BCUT2D eigenvalue weighted by Crippen LogP contribution is 2.43. The van der Waals surface area contributed by atoms with Gasteiger partial charge in [0.25, 0.3) is 0 Å². The van der Waals surface area contributed by atoms with E-state index in [0.29, 0.717) is 24.0 Å². The minimum atomic E-state index is -0.529. The van der Waals surface area contributed by atoms with Crippen molar-refractivity contribution in [3.8, 4) is 11.5 Å². The summed E-state index contributed by atoms with van der Waals surface area (Å²) in [6.07, 6.45) is 2.73. The van der Waals surface area contributed by atoms with Crippen LogP contribution in [0, 0.1) is 11.8 Å². The van der Waals surface area contributed by atoms with Crippen LogP contribution in [0.25, 0.3) is 0 Å². The molecule has 5 nitrogen and oxygen atoms in total. The van der Waals surface area contributed by atoms with E-state index in [9.17, 15) is 4.79 Å². The fourth-order valence-electron chi connectivity index (χ4n) is 5.95. The number of carbonyl (C=O) groups excluding carboxylic acids is 1. The molecule has 5 heteroatoms. The Balaban J connectivity index is 1.76. The maximum absolute atomic E-state index is 13.7. The number of rotatable bonds is 10. The molecule has 0 heterocycles. The molecular weight excluding hydrogens is 486 g/mol. The van der Waals surface area contributed by atoms with Crippen LogP contribution in [0.4, 0.5) is 0 Å². The molecule has 3 aromatic carbocycles. The lowest BCUT2D eigenvalue weighted by Crippen LogP contribution is -2.47. The van der Waals surface area contributed by atoms with Crippen molar-refractivity contribution in [3.05, 3.63) is 95.6 Å². The Morgan fingerprint density at radius 3 is 2.13 bits per heavy atom. The summed E-state index contributed by atoms with van der Waals surface area (Å²) in [5.74, 6) is 1.43. The zero-order valence-electron chi connectivity index (χ0n) is 24.2. The van der Waals surface area contributed by atoms with Gasteiger partial charge in [0.05, 0.1) is 20.1 Å². The van der Waals surface area contributed by atoms with E-state index < -0.39 is 5.60 Å². The van der Waals surface area contributed by atoms with Crippen LogP contribution in [-0.4, -0.2) is 36.7 Å². The summed E-state index contributed by atoms with van der Waals surface area (Å²) in [5, 5.41) is 0. The van der Waals surface area contributed by atoms with Crippen molar-refractivity contribution < 1.29 is 19.0 Å². The molecule has 0 spiro atoms. The normalized spacial score (nSPS) is 20.0. The van der Waals surface area contributed by atoms with E-state index in [1.807, 2.05) is 39.0 Å². The first-order chi connectivity index (χ1) is 18.7. The topological polar surface area (TPSA) is 48.0 Å². The Morgan fingerprint density at radius 2 is 1.51 bits per heavy atom. The summed E-state index contributed by atoms with van der Waals surface area (Å²) in [6, 6.07) is 27.4. The van der Waals surface area contributed by atoms with Crippen LogP contribution in [0.15, 0.2) is 78.9 Å². The lowest BCUT2D eigenvalue weighted by molar-refractivity contribution is -0.162. The maximum atomic E-state index is 13.7. The first kappa shape index (κ1) is 28.7. The lowest BCUT2D eigenvalue weighted by Gasteiger charge is -2.41. The highest BCUT2D eigenvalue weighted by molar-refractivity contribution is 5.74. The summed E-state index contributed by atoms with van der Waals surface area (Å²) in [6.45, 7) is 8.77.